The fraction of sp³-hybridized carbons (Fsp3) is 0.700. The SMILES string of the molecule is CCc1coc(N2CCN(C)CC2)n1. The van der Waals surface area contributed by atoms with Crippen LogP contribution in [0.15, 0.2) is 10.7 Å². The normalized spacial score (nSPS) is 18.9. The minimum absolute atomic E-state index is 0.787. The highest BCUT2D eigenvalue weighted by Crippen LogP contribution is 2.15. The topological polar surface area (TPSA) is 32.5 Å². The zero-order valence-electron chi connectivity index (χ0n) is 8.86. The monoisotopic (exact) mass is 195 g/mol. The van der Waals surface area contributed by atoms with Gasteiger partial charge in [0.1, 0.15) is 6.26 Å². The molecule has 1 aromatic heterocycles. The van der Waals surface area contributed by atoms with Gasteiger partial charge in [-0.15, -0.1) is 0 Å². The van der Waals surface area contributed by atoms with Crippen molar-refractivity contribution in [2.75, 3.05) is 38.1 Å². The first kappa shape index (κ1) is 9.52. The van der Waals surface area contributed by atoms with Crippen molar-refractivity contribution < 1.29 is 4.42 Å². The molecule has 0 radical (unpaired) electrons. The molecule has 0 spiro atoms. The molecule has 0 amide bonds. The molecule has 0 bridgehead atoms. The van der Waals surface area contributed by atoms with Crippen LogP contribution in [0.2, 0.25) is 0 Å². The standard InChI is InChI=1S/C10H17N3O/c1-3-9-8-14-10(11-9)13-6-4-12(2)5-7-13/h8H,3-7H2,1-2H3. The molecule has 4 nitrogen and oxygen atoms in total. The van der Waals surface area contributed by atoms with E-state index in [-0.39, 0.29) is 0 Å². The molecule has 4 heteroatoms. The van der Waals surface area contributed by atoms with E-state index in [9.17, 15) is 0 Å². The molecule has 1 aromatic rings. The fourth-order valence-electron chi connectivity index (χ4n) is 1.60. The molecule has 1 aliphatic rings. The van der Waals surface area contributed by atoms with Crippen molar-refractivity contribution in [3.63, 3.8) is 0 Å². The fourth-order valence-corrected chi connectivity index (χ4v) is 1.60. The Bertz CT molecular complexity index is 289. The van der Waals surface area contributed by atoms with Gasteiger partial charge in [-0.2, -0.15) is 4.98 Å². The van der Waals surface area contributed by atoms with E-state index in [1.54, 1.807) is 6.26 Å². The van der Waals surface area contributed by atoms with Crippen LogP contribution >= 0.6 is 0 Å². The van der Waals surface area contributed by atoms with Gasteiger partial charge in [0, 0.05) is 26.2 Å². The van der Waals surface area contributed by atoms with Crippen molar-refractivity contribution in [1.82, 2.24) is 9.88 Å². The van der Waals surface area contributed by atoms with Crippen molar-refractivity contribution in [2.45, 2.75) is 13.3 Å². The van der Waals surface area contributed by atoms with Crippen LogP contribution in [0.1, 0.15) is 12.6 Å². The lowest BCUT2D eigenvalue weighted by Gasteiger charge is -2.31. The summed E-state index contributed by atoms with van der Waals surface area (Å²) in [6.45, 7) is 6.29. The van der Waals surface area contributed by atoms with Crippen LogP contribution < -0.4 is 4.90 Å². The van der Waals surface area contributed by atoms with Crippen LogP contribution in [0.5, 0.6) is 0 Å². The second-order valence-corrected chi connectivity index (χ2v) is 3.77. The van der Waals surface area contributed by atoms with E-state index in [0.29, 0.717) is 0 Å². The summed E-state index contributed by atoms with van der Waals surface area (Å²) in [6, 6.07) is 0.787. The summed E-state index contributed by atoms with van der Waals surface area (Å²) in [6.07, 6.45) is 2.70. The van der Waals surface area contributed by atoms with Crippen LogP contribution in [0.4, 0.5) is 6.01 Å². The Balaban J connectivity index is 2.01. The van der Waals surface area contributed by atoms with Crippen molar-refractivity contribution in [3.8, 4) is 0 Å². The molecule has 78 valence electrons. The summed E-state index contributed by atoms with van der Waals surface area (Å²) < 4.78 is 5.43. The van der Waals surface area contributed by atoms with E-state index in [2.05, 4.69) is 28.8 Å². The number of oxazole rings is 1. The molecule has 0 saturated carbocycles. The zero-order valence-corrected chi connectivity index (χ0v) is 8.86. The number of nitrogens with zero attached hydrogens (tertiary/aromatic N) is 3. The van der Waals surface area contributed by atoms with Crippen molar-refractivity contribution >= 4 is 6.01 Å². The number of hydrogen-bond acceptors (Lipinski definition) is 4. The first-order valence-electron chi connectivity index (χ1n) is 5.17. The van der Waals surface area contributed by atoms with Crippen LogP contribution in [0.3, 0.4) is 0 Å². The van der Waals surface area contributed by atoms with Crippen LogP contribution in [0.25, 0.3) is 0 Å². The molecule has 0 N–H and O–H groups in total. The van der Waals surface area contributed by atoms with Crippen molar-refractivity contribution in [1.29, 1.82) is 0 Å². The number of piperazine rings is 1. The minimum atomic E-state index is 0.787. The molecule has 1 saturated heterocycles. The van der Waals surface area contributed by atoms with E-state index in [1.165, 1.54) is 0 Å². The number of aryl methyl sites for hydroxylation is 1. The summed E-state index contributed by atoms with van der Waals surface area (Å²) in [5, 5.41) is 0. The Kier molecular flexibility index (Phi) is 2.72. The Morgan fingerprint density at radius 2 is 2.07 bits per heavy atom. The van der Waals surface area contributed by atoms with Gasteiger partial charge in [-0.05, 0) is 13.5 Å². The molecule has 2 rings (SSSR count). The lowest BCUT2D eigenvalue weighted by molar-refractivity contribution is 0.305. The van der Waals surface area contributed by atoms with Gasteiger partial charge in [0.25, 0.3) is 6.01 Å². The van der Waals surface area contributed by atoms with E-state index in [4.69, 9.17) is 4.42 Å². The smallest absolute Gasteiger partial charge is 0.297 e. The number of anilines is 1. The van der Waals surface area contributed by atoms with Crippen molar-refractivity contribution in [3.05, 3.63) is 12.0 Å². The maximum absolute atomic E-state index is 5.43. The Hall–Kier alpha value is -1.03. The predicted molar refractivity (Wildman–Crippen MR) is 55.6 cm³/mol. The van der Waals surface area contributed by atoms with Gasteiger partial charge >= 0.3 is 0 Å². The van der Waals surface area contributed by atoms with Crippen LogP contribution in [-0.2, 0) is 6.42 Å². The Morgan fingerprint density at radius 1 is 1.36 bits per heavy atom. The third kappa shape index (κ3) is 1.90. The lowest BCUT2D eigenvalue weighted by atomic mass is 10.3. The molecular weight excluding hydrogens is 178 g/mol. The number of likely N-dealkylation sites (N-methyl/N-ethyl adjacent to an activating group) is 1. The molecule has 1 aliphatic heterocycles. The van der Waals surface area contributed by atoms with E-state index >= 15 is 0 Å². The van der Waals surface area contributed by atoms with Crippen molar-refractivity contribution in [2.24, 2.45) is 0 Å². The van der Waals surface area contributed by atoms with Crippen LogP contribution in [-0.4, -0.2) is 43.1 Å². The second-order valence-electron chi connectivity index (χ2n) is 3.77. The first-order valence-corrected chi connectivity index (χ1v) is 5.17. The average Bonchev–Trinajstić information content (AvgIpc) is 2.67. The van der Waals surface area contributed by atoms with E-state index < -0.39 is 0 Å². The highest BCUT2D eigenvalue weighted by Gasteiger charge is 2.17. The summed E-state index contributed by atoms with van der Waals surface area (Å²) in [7, 11) is 2.14. The van der Waals surface area contributed by atoms with Gasteiger partial charge in [-0.1, -0.05) is 6.92 Å². The van der Waals surface area contributed by atoms with Gasteiger partial charge in [0.2, 0.25) is 0 Å². The van der Waals surface area contributed by atoms with Gasteiger partial charge in [0.05, 0.1) is 5.69 Å². The molecule has 2 heterocycles. The molecule has 0 atom stereocenters. The largest absolute Gasteiger partial charge is 0.432 e. The molecule has 0 unspecified atom stereocenters. The maximum Gasteiger partial charge on any atom is 0.297 e. The zero-order chi connectivity index (χ0) is 9.97. The highest BCUT2D eigenvalue weighted by atomic mass is 16.4. The molecule has 0 aliphatic carbocycles. The summed E-state index contributed by atoms with van der Waals surface area (Å²) in [5.41, 5.74) is 1.04. The van der Waals surface area contributed by atoms with E-state index in [0.717, 1.165) is 44.3 Å². The van der Waals surface area contributed by atoms with E-state index in [1.807, 2.05) is 0 Å². The lowest BCUT2D eigenvalue weighted by Crippen LogP contribution is -2.44. The Labute approximate surface area is 84.5 Å². The molecule has 1 fully saturated rings. The quantitative estimate of drug-likeness (QED) is 0.704. The first-order chi connectivity index (χ1) is 6.79. The van der Waals surface area contributed by atoms with Gasteiger partial charge in [-0.25, -0.2) is 0 Å². The average molecular weight is 195 g/mol. The van der Waals surface area contributed by atoms with Gasteiger partial charge in [0.15, 0.2) is 0 Å². The maximum atomic E-state index is 5.43. The number of aromatic nitrogens is 1. The third-order valence-corrected chi connectivity index (χ3v) is 2.68. The minimum Gasteiger partial charge on any atom is -0.432 e. The molecular formula is C10H17N3O. The predicted octanol–water partition coefficient (Wildman–Crippen LogP) is 0.989. The summed E-state index contributed by atoms with van der Waals surface area (Å²) in [4.78, 5) is 8.95. The Morgan fingerprint density at radius 3 is 2.64 bits per heavy atom. The van der Waals surface area contributed by atoms with Crippen LogP contribution in [0, 0.1) is 0 Å². The van der Waals surface area contributed by atoms with Gasteiger partial charge in [-0.3, -0.25) is 0 Å². The summed E-state index contributed by atoms with van der Waals surface area (Å²) in [5.74, 6) is 0. The molecule has 14 heavy (non-hydrogen) atoms. The third-order valence-electron chi connectivity index (χ3n) is 2.68. The number of hydrogen-bond donors (Lipinski definition) is 0. The second kappa shape index (κ2) is 4.00. The summed E-state index contributed by atoms with van der Waals surface area (Å²) >= 11 is 0. The van der Waals surface area contributed by atoms with Gasteiger partial charge < -0.3 is 14.2 Å². The highest BCUT2D eigenvalue weighted by molar-refractivity contribution is 5.27. The number of rotatable bonds is 2. The molecule has 0 aromatic carbocycles.